The van der Waals surface area contributed by atoms with Crippen LogP contribution in [0.3, 0.4) is 0 Å². The molecule has 21 heavy (non-hydrogen) atoms. The maximum Gasteiger partial charge on any atom is 0.320 e. The average molecular weight is 317 g/mol. The van der Waals surface area contributed by atoms with Gasteiger partial charge in [-0.3, -0.25) is 9.69 Å². The first-order valence-electron chi connectivity index (χ1n) is 7.44. The van der Waals surface area contributed by atoms with Gasteiger partial charge in [-0.1, -0.05) is 6.92 Å². The fourth-order valence-electron chi connectivity index (χ4n) is 2.49. The third-order valence-electron chi connectivity index (χ3n) is 3.96. The van der Waals surface area contributed by atoms with Crippen LogP contribution in [0.5, 0.6) is 0 Å². The number of amides is 2. The summed E-state index contributed by atoms with van der Waals surface area (Å²) < 4.78 is 0. The molecule has 0 spiro atoms. The van der Waals surface area contributed by atoms with E-state index >= 15 is 0 Å². The van der Waals surface area contributed by atoms with Gasteiger partial charge in [0.1, 0.15) is 0 Å². The molecule has 1 aliphatic rings. The summed E-state index contributed by atoms with van der Waals surface area (Å²) in [5, 5.41) is 8.70. The Morgan fingerprint density at radius 3 is 2.38 bits per heavy atom. The van der Waals surface area contributed by atoms with Gasteiger partial charge in [0, 0.05) is 51.6 Å². The molecule has 2 amide bonds. The molecule has 122 valence electrons. The second-order valence-electron chi connectivity index (χ2n) is 5.38. The summed E-state index contributed by atoms with van der Waals surface area (Å²) in [4.78, 5) is 28.9. The van der Waals surface area contributed by atoms with E-state index in [1.807, 2.05) is 16.8 Å². The van der Waals surface area contributed by atoms with Crippen molar-refractivity contribution in [2.24, 2.45) is 0 Å². The summed E-state index contributed by atoms with van der Waals surface area (Å²) in [7, 11) is 1.88. The Hall–Kier alpha value is -0.950. The van der Waals surface area contributed by atoms with Crippen LogP contribution in [0.4, 0.5) is 4.79 Å². The highest BCUT2D eigenvalue weighted by Crippen LogP contribution is 2.12. The molecule has 7 heteroatoms. The van der Waals surface area contributed by atoms with E-state index in [9.17, 15) is 9.59 Å². The van der Waals surface area contributed by atoms with Gasteiger partial charge in [-0.25, -0.2) is 4.79 Å². The first-order valence-corrected chi connectivity index (χ1v) is 8.83. The molecule has 0 bridgehead atoms. The zero-order valence-corrected chi connectivity index (χ0v) is 14.1. The predicted molar refractivity (Wildman–Crippen MR) is 85.9 cm³/mol. The molecule has 0 aromatic carbocycles. The van der Waals surface area contributed by atoms with E-state index in [4.69, 9.17) is 5.11 Å². The zero-order valence-electron chi connectivity index (χ0n) is 13.2. The number of piperazine rings is 1. The van der Waals surface area contributed by atoms with Gasteiger partial charge < -0.3 is 14.9 Å². The van der Waals surface area contributed by atoms with Crippen molar-refractivity contribution < 1.29 is 14.7 Å². The van der Waals surface area contributed by atoms with Crippen molar-refractivity contribution in [2.45, 2.75) is 25.8 Å². The van der Waals surface area contributed by atoms with Gasteiger partial charge in [-0.15, -0.1) is 0 Å². The zero-order chi connectivity index (χ0) is 15.8. The molecule has 1 rings (SSSR count). The van der Waals surface area contributed by atoms with Crippen molar-refractivity contribution in [2.75, 3.05) is 51.8 Å². The predicted octanol–water partition coefficient (Wildman–Crippen LogP) is 1.27. The largest absolute Gasteiger partial charge is 0.481 e. The maximum atomic E-state index is 12.5. The van der Waals surface area contributed by atoms with Crippen LogP contribution in [0.25, 0.3) is 0 Å². The van der Waals surface area contributed by atoms with Crippen molar-refractivity contribution in [3.8, 4) is 0 Å². The van der Waals surface area contributed by atoms with E-state index < -0.39 is 5.97 Å². The minimum atomic E-state index is -0.768. The molecule has 0 radical (unpaired) electrons. The fraction of sp³-hybridized carbons (Fsp3) is 0.857. The lowest BCUT2D eigenvalue weighted by Gasteiger charge is -2.38. The van der Waals surface area contributed by atoms with E-state index in [0.29, 0.717) is 19.6 Å². The minimum absolute atomic E-state index is 0.0915. The highest BCUT2D eigenvalue weighted by atomic mass is 32.2. The van der Waals surface area contributed by atoms with E-state index in [1.54, 1.807) is 11.8 Å². The minimum Gasteiger partial charge on any atom is -0.481 e. The van der Waals surface area contributed by atoms with Crippen LogP contribution in [0.2, 0.25) is 0 Å². The average Bonchev–Trinajstić information content (AvgIpc) is 2.49. The molecule has 0 aliphatic carbocycles. The van der Waals surface area contributed by atoms with E-state index in [2.05, 4.69) is 18.1 Å². The monoisotopic (exact) mass is 317 g/mol. The molecule has 1 aliphatic heterocycles. The summed E-state index contributed by atoms with van der Waals surface area (Å²) in [6.45, 7) is 5.54. The number of thioether (sulfide) groups is 1. The smallest absolute Gasteiger partial charge is 0.320 e. The molecule has 6 nitrogen and oxygen atoms in total. The van der Waals surface area contributed by atoms with Crippen LogP contribution in [-0.4, -0.2) is 89.6 Å². The van der Waals surface area contributed by atoms with Crippen LogP contribution in [-0.2, 0) is 4.79 Å². The standard InChI is InChI=1S/C14H27N3O3S/c1-4-12(11-21-3)15(2)14(20)17-9-7-16(8-10-17)6-5-13(18)19/h12H,4-11H2,1-3H3,(H,18,19). The molecule has 0 saturated carbocycles. The van der Waals surface area contributed by atoms with Crippen LogP contribution >= 0.6 is 11.8 Å². The molecule has 1 heterocycles. The van der Waals surface area contributed by atoms with Crippen LogP contribution < -0.4 is 0 Å². The van der Waals surface area contributed by atoms with Crippen LogP contribution in [0.15, 0.2) is 0 Å². The summed E-state index contributed by atoms with van der Waals surface area (Å²) in [6.07, 6.45) is 3.18. The fourth-order valence-corrected chi connectivity index (χ4v) is 3.34. The number of nitrogens with zero attached hydrogens (tertiary/aromatic N) is 3. The molecule has 0 aromatic heterocycles. The van der Waals surface area contributed by atoms with Crippen LogP contribution in [0, 0.1) is 0 Å². The summed E-state index contributed by atoms with van der Waals surface area (Å²) >= 11 is 1.76. The second-order valence-corrected chi connectivity index (χ2v) is 6.29. The molecule has 1 unspecified atom stereocenters. The first-order chi connectivity index (χ1) is 9.99. The van der Waals surface area contributed by atoms with Crippen molar-refractivity contribution in [3.05, 3.63) is 0 Å². The third-order valence-corrected chi connectivity index (χ3v) is 4.68. The molecule has 1 atom stereocenters. The second kappa shape index (κ2) is 9.15. The lowest BCUT2D eigenvalue weighted by molar-refractivity contribution is -0.137. The lowest BCUT2D eigenvalue weighted by atomic mass is 10.2. The van der Waals surface area contributed by atoms with Gasteiger partial charge in [-0.05, 0) is 12.7 Å². The van der Waals surface area contributed by atoms with Crippen molar-refractivity contribution in [1.29, 1.82) is 0 Å². The summed E-state index contributed by atoms with van der Waals surface area (Å²) in [6, 6.07) is 0.367. The summed E-state index contributed by atoms with van der Waals surface area (Å²) in [5.41, 5.74) is 0. The number of urea groups is 1. The van der Waals surface area contributed by atoms with Crippen molar-refractivity contribution in [3.63, 3.8) is 0 Å². The Kier molecular flexibility index (Phi) is 7.88. The Labute approximate surface area is 131 Å². The number of carbonyl (C=O) groups excluding carboxylic acids is 1. The Morgan fingerprint density at radius 1 is 1.29 bits per heavy atom. The van der Waals surface area contributed by atoms with E-state index in [1.165, 1.54) is 0 Å². The molecule has 0 aromatic rings. The van der Waals surface area contributed by atoms with E-state index in [0.717, 1.165) is 25.3 Å². The van der Waals surface area contributed by atoms with Crippen molar-refractivity contribution >= 4 is 23.8 Å². The van der Waals surface area contributed by atoms with Gasteiger partial charge in [0.2, 0.25) is 0 Å². The van der Waals surface area contributed by atoms with Gasteiger partial charge in [0.05, 0.1) is 6.42 Å². The first kappa shape index (κ1) is 18.1. The summed E-state index contributed by atoms with van der Waals surface area (Å²) in [5.74, 6) is 0.188. The van der Waals surface area contributed by atoms with Gasteiger partial charge in [0.25, 0.3) is 0 Å². The molecule has 1 saturated heterocycles. The molecule has 1 N–H and O–H groups in total. The third kappa shape index (κ3) is 5.74. The Morgan fingerprint density at radius 2 is 1.90 bits per heavy atom. The number of carbonyl (C=O) groups is 2. The van der Waals surface area contributed by atoms with Crippen LogP contribution in [0.1, 0.15) is 19.8 Å². The Bertz CT molecular complexity index is 346. The van der Waals surface area contributed by atoms with Gasteiger partial charge in [0.15, 0.2) is 0 Å². The molecule has 1 fully saturated rings. The Balaban J connectivity index is 2.42. The number of hydrogen-bond donors (Lipinski definition) is 1. The topological polar surface area (TPSA) is 64.1 Å². The maximum absolute atomic E-state index is 12.5. The highest BCUT2D eigenvalue weighted by molar-refractivity contribution is 7.98. The number of hydrogen-bond acceptors (Lipinski definition) is 4. The van der Waals surface area contributed by atoms with Gasteiger partial charge in [-0.2, -0.15) is 11.8 Å². The number of carboxylic acids is 1. The number of rotatable bonds is 7. The molecular formula is C14H27N3O3S. The number of carboxylic acid groups (broad SMARTS) is 1. The quantitative estimate of drug-likeness (QED) is 0.766. The molecular weight excluding hydrogens is 290 g/mol. The highest BCUT2D eigenvalue weighted by Gasteiger charge is 2.26. The van der Waals surface area contributed by atoms with E-state index in [-0.39, 0.29) is 18.5 Å². The van der Waals surface area contributed by atoms with Gasteiger partial charge >= 0.3 is 12.0 Å². The van der Waals surface area contributed by atoms with Crippen molar-refractivity contribution in [1.82, 2.24) is 14.7 Å². The number of aliphatic carboxylic acids is 1. The lowest BCUT2D eigenvalue weighted by Crippen LogP contribution is -2.54. The normalized spacial score (nSPS) is 17.6. The SMILES string of the molecule is CCC(CSC)N(C)C(=O)N1CCN(CCC(=O)O)CC1.